The number of nitrogens with zero attached hydrogens (tertiary/aromatic N) is 5. The summed E-state index contributed by atoms with van der Waals surface area (Å²) in [6.07, 6.45) is 4.10. The number of rotatable bonds is 4. The first-order valence-corrected chi connectivity index (χ1v) is 10.5. The first kappa shape index (κ1) is 19.6. The van der Waals surface area contributed by atoms with Gasteiger partial charge in [0.05, 0.1) is 38.5 Å². The Hall–Kier alpha value is -3.36. The fourth-order valence-corrected chi connectivity index (χ4v) is 4.81. The van der Waals surface area contributed by atoms with Gasteiger partial charge in [-0.3, -0.25) is 4.79 Å². The lowest BCUT2D eigenvalue weighted by molar-refractivity contribution is 0.0383. The van der Waals surface area contributed by atoms with Crippen LogP contribution < -0.4 is 9.47 Å². The van der Waals surface area contributed by atoms with Crippen molar-refractivity contribution in [1.29, 1.82) is 0 Å². The van der Waals surface area contributed by atoms with Gasteiger partial charge in [0.15, 0.2) is 23.1 Å². The highest BCUT2D eigenvalue weighted by atomic mass is 16.5. The average molecular weight is 423 g/mol. The van der Waals surface area contributed by atoms with Gasteiger partial charge in [-0.25, -0.2) is 0 Å². The van der Waals surface area contributed by atoms with Crippen LogP contribution in [0.2, 0.25) is 0 Å². The monoisotopic (exact) mass is 423 g/mol. The quantitative estimate of drug-likeness (QED) is 0.635. The van der Waals surface area contributed by atoms with Crippen molar-refractivity contribution in [3.8, 4) is 22.9 Å². The number of aromatic nitrogens is 4. The number of amides is 1. The van der Waals surface area contributed by atoms with Crippen LogP contribution in [-0.4, -0.2) is 51.0 Å². The Morgan fingerprint density at radius 2 is 1.84 bits per heavy atom. The van der Waals surface area contributed by atoms with Crippen LogP contribution in [-0.2, 0) is 6.54 Å². The molecular weight excluding hydrogens is 398 g/mol. The third-order valence-electron chi connectivity index (χ3n) is 6.25. The molecule has 1 aliphatic heterocycles. The molecule has 3 aromatic rings. The molecule has 9 heteroatoms. The average Bonchev–Trinajstić information content (AvgIpc) is 3.44. The second kappa shape index (κ2) is 7.72. The molecule has 9 nitrogen and oxygen atoms in total. The van der Waals surface area contributed by atoms with Crippen molar-refractivity contribution in [3.63, 3.8) is 0 Å². The number of aryl methyl sites for hydroxylation is 1. The van der Waals surface area contributed by atoms with Crippen LogP contribution >= 0.6 is 0 Å². The SMILES string of the molecule is COc1ccc(-c2nnc3n2[C@@H]2CCCC[C@H]2N(C(=O)c2cc(C)no2)C3)cc1OC. The van der Waals surface area contributed by atoms with Gasteiger partial charge in [0.2, 0.25) is 5.76 Å². The van der Waals surface area contributed by atoms with Crippen LogP contribution in [0.5, 0.6) is 11.5 Å². The Labute approximate surface area is 179 Å². The van der Waals surface area contributed by atoms with Crippen LogP contribution in [0.4, 0.5) is 0 Å². The van der Waals surface area contributed by atoms with Gasteiger partial charge in [0, 0.05) is 11.6 Å². The number of hydrogen-bond acceptors (Lipinski definition) is 7. The Bertz CT molecular complexity index is 1120. The highest BCUT2D eigenvalue weighted by molar-refractivity contribution is 5.91. The topological polar surface area (TPSA) is 95.5 Å². The van der Waals surface area contributed by atoms with E-state index in [0.29, 0.717) is 23.7 Å². The number of hydrogen-bond donors (Lipinski definition) is 0. The van der Waals surface area contributed by atoms with E-state index < -0.39 is 0 Å². The molecule has 162 valence electrons. The van der Waals surface area contributed by atoms with Crippen LogP contribution in [0.3, 0.4) is 0 Å². The van der Waals surface area contributed by atoms with Gasteiger partial charge in [0.25, 0.3) is 5.91 Å². The zero-order valence-corrected chi connectivity index (χ0v) is 17.9. The molecule has 0 radical (unpaired) electrons. The van der Waals surface area contributed by atoms with E-state index in [-0.39, 0.29) is 23.8 Å². The minimum atomic E-state index is -0.139. The lowest BCUT2D eigenvalue weighted by Gasteiger charge is -2.44. The van der Waals surface area contributed by atoms with Crippen molar-refractivity contribution < 1.29 is 18.8 Å². The van der Waals surface area contributed by atoms with Gasteiger partial charge in [-0.1, -0.05) is 18.0 Å². The molecule has 3 heterocycles. The van der Waals surface area contributed by atoms with Gasteiger partial charge in [-0.2, -0.15) is 0 Å². The minimum Gasteiger partial charge on any atom is -0.493 e. The summed E-state index contributed by atoms with van der Waals surface area (Å²) in [4.78, 5) is 15.1. The fraction of sp³-hybridized carbons (Fsp3) is 0.455. The number of fused-ring (bicyclic) bond motifs is 3. The summed E-state index contributed by atoms with van der Waals surface area (Å²) in [7, 11) is 3.23. The molecule has 1 aliphatic carbocycles. The van der Waals surface area contributed by atoms with Crippen molar-refractivity contribution in [2.24, 2.45) is 0 Å². The highest BCUT2D eigenvalue weighted by Crippen LogP contribution is 2.41. The number of carbonyl (C=O) groups is 1. The molecule has 5 rings (SSSR count). The fourth-order valence-electron chi connectivity index (χ4n) is 4.81. The molecular formula is C22H25N5O4. The molecule has 0 unspecified atom stereocenters. The Morgan fingerprint density at radius 1 is 1.06 bits per heavy atom. The standard InChI is InChI=1S/C22H25N5O4/c1-13-10-19(31-25-13)22(28)26-12-20-23-24-21(27(20)16-7-5-4-6-15(16)26)14-8-9-17(29-2)18(11-14)30-3/h8-11,15-16H,4-7,12H2,1-3H3/t15-,16-/m1/s1. The van der Waals surface area contributed by atoms with E-state index in [9.17, 15) is 4.79 Å². The molecule has 2 aromatic heterocycles. The summed E-state index contributed by atoms with van der Waals surface area (Å²) in [5.41, 5.74) is 1.60. The number of benzene rings is 1. The van der Waals surface area contributed by atoms with Crippen molar-refractivity contribution in [2.45, 2.75) is 51.2 Å². The highest BCUT2D eigenvalue weighted by Gasteiger charge is 2.42. The van der Waals surface area contributed by atoms with E-state index in [0.717, 1.165) is 42.9 Å². The molecule has 2 aliphatic rings. The smallest absolute Gasteiger partial charge is 0.293 e. The largest absolute Gasteiger partial charge is 0.493 e. The Balaban J connectivity index is 1.55. The van der Waals surface area contributed by atoms with Crippen molar-refractivity contribution >= 4 is 5.91 Å². The first-order chi connectivity index (χ1) is 15.1. The molecule has 2 atom stereocenters. The zero-order valence-electron chi connectivity index (χ0n) is 17.9. The molecule has 0 bridgehead atoms. The number of methoxy groups -OCH3 is 2. The lowest BCUT2D eigenvalue weighted by atomic mass is 9.87. The van der Waals surface area contributed by atoms with Crippen LogP contribution in [0, 0.1) is 6.92 Å². The second-order valence-corrected chi connectivity index (χ2v) is 8.06. The number of ether oxygens (including phenoxy) is 2. The van der Waals surface area contributed by atoms with Gasteiger partial charge in [-0.15, -0.1) is 10.2 Å². The summed E-state index contributed by atoms with van der Waals surface area (Å²) in [5, 5.41) is 12.8. The minimum absolute atomic E-state index is 0.0639. The molecule has 1 saturated carbocycles. The lowest BCUT2D eigenvalue weighted by Crippen LogP contribution is -2.50. The van der Waals surface area contributed by atoms with Crippen molar-refractivity contribution in [1.82, 2.24) is 24.8 Å². The van der Waals surface area contributed by atoms with Crippen LogP contribution in [0.25, 0.3) is 11.4 Å². The molecule has 0 spiro atoms. The van der Waals surface area contributed by atoms with E-state index in [1.165, 1.54) is 0 Å². The van der Waals surface area contributed by atoms with Crippen LogP contribution in [0.1, 0.15) is 53.8 Å². The maximum Gasteiger partial charge on any atom is 0.293 e. The predicted molar refractivity (Wildman–Crippen MR) is 111 cm³/mol. The first-order valence-electron chi connectivity index (χ1n) is 10.5. The van der Waals surface area contributed by atoms with Gasteiger partial charge < -0.3 is 23.5 Å². The van der Waals surface area contributed by atoms with Crippen LogP contribution in [0.15, 0.2) is 28.8 Å². The third kappa shape index (κ3) is 3.24. The van der Waals surface area contributed by atoms with Gasteiger partial charge >= 0.3 is 0 Å². The summed E-state index contributed by atoms with van der Waals surface area (Å²) in [5.74, 6) is 3.01. The van der Waals surface area contributed by atoms with E-state index in [2.05, 4.69) is 19.9 Å². The normalized spacial score (nSPS) is 20.2. The number of carbonyl (C=O) groups excluding carboxylic acids is 1. The Morgan fingerprint density at radius 3 is 2.55 bits per heavy atom. The molecule has 0 N–H and O–H groups in total. The third-order valence-corrected chi connectivity index (χ3v) is 6.25. The van der Waals surface area contributed by atoms with E-state index in [1.54, 1.807) is 20.3 Å². The van der Waals surface area contributed by atoms with E-state index >= 15 is 0 Å². The predicted octanol–water partition coefficient (Wildman–Crippen LogP) is 3.40. The second-order valence-electron chi connectivity index (χ2n) is 8.06. The molecule has 1 fully saturated rings. The summed E-state index contributed by atoms with van der Waals surface area (Å²) in [6, 6.07) is 7.62. The molecule has 1 amide bonds. The van der Waals surface area contributed by atoms with Gasteiger partial charge in [0.1, 0.15) is 0 Å². The molecule has 31 heavy (non-hydrogen) atoms. The maximum absolute atomic E-state index is 13.2. The molecule has 0 saturated heterocycles. The zero-order chi connectivity index (χ0) is 21.5. The van der Waals surface area contributed by atoms with E-state index in [4.69, 9.17) is 14.0 Å². The van der Waals surface area contributed by atoms with E-state index in [1.807, 2.05) is 30.0 Å². The maximum atomic E-state index is 13.2. The Kier molecular flexibility index (Phi) is 4.88. The van der Waals surface area contributed by atoms with Gasteiger partial charge in [-0.05, 0) is 38.0 Å². The molecule has 1 aromatic carbocycles. The van der Waals surface area contributed by atoms with Crippen molar-refractivity contribution in [3.05, 3.63) is 41.5 Å². The van der Waals surface area contributed by atoms with Crippen molar-refractivity contribution in [2.75, 3.05) is 14.2 Å². The summed E-state index contributed by atoms with van der Waals surface area (Å²) in [6.45, 7) is 2.20. The summed E-state index contributed by atoms with van der Waals surface area (Å²) >= 11 is 0. The summed E-state index contributed by atoms with van der Waals surface area (Å²) < 4.78 is 18.3.